The molecule has 2 aromatic carbocycles. The highest BCUT2D eigenvalue weighted by Crippen LogP contribution is 2.37. The van der Waals surface area contributed by atoms with Gasteiger partial charge in [0.1, 0.15) is 0 Å². The monoisotopic (exact) mass is 648 g/mol. The minimum atomic E-state index is 0.779. The molecule has 0 fully saturated rings. The summed E-state index contributed by atoms with van der Waals surface area (Å²) in [5.74, 6) is 0. The molecule has 3 aromatic heterocycles. The van der Waals surface area contributed by atoms with Gasteiger partial charge in [0.25, 0.3) is 0 Å². The molecule has 0 radical (unpaired) electrons. The number of aromatic nitrogens is 4. The Kier molecular flexibility index (Phi) is 7.28. The number of benzene rings is 2. The molecule has 242 valence electrons. The fourth-order valence-corrected chi connectivity index (χ4v) is 7.38. The molecule has 6 heteroatoms. The highest BCUT2D eigenvalue weighted by atomic mass is 15.1. The second-order valence-corrected chi connectivity index (χ2v) is 13.1. The third-order valence-electron chi connectivity index (χ3n) is 9.64. The van der Waals surface area contributed by atoms with Crippen LogP contribution in [0.15, 0.2) is 122 Å². The molecule has 4 aliphatic heterocycles. The fraction of sp³-hybridized carbons (Fsp3) is 0.0909. The van der Waals surface area contributed by atoms with Crippen molar-refractivity contribution in [2.45, 2.75) is 0 Å². The summed E-state index contributed by atoms with van der Waals surface area (Å²) in [4.78, 5) is 22.9. The maximum absolute atomic E-state index is 5.43. The molecule has 8 bridgehead atoms. The van der Waals surface area contributed by atoms with Crippen molar-refractivity contribution < 1.29 is 0 Å². The fourth-order valence-electron chi connectivity index (χ4n) is 7.38. The van der Waals surface area contributed by atoms with E-state index in [2.05, 4.69) is 180 Å². The van der Waals surface area contributed by atoms with E-state index in [1.165, 1.54) is 11.1 Å². The Labute approximate surface area is 291 Å². The molecule has 0 spiro atoms. The van der Waals surface area contributed by atoms with E-state index in [1.807, 2.05) is 0 Å². The lowest BCUT2D eigenvalue weighted by molar-refractivity contribution is 0.512. The number of likely N-dealkylation sites (N-methyl/N-ethyl adjacent to an activating group) is 2. The van der Waals surface area contributed by atoms with Crippen molar-refractivity contribution in [3.05, 3.63) is 156 Å². The largest absolute Gasteiger partial charge is 0.376 e. The van der Waals surface area contributed by atoms with Crippen molar-refractivity contribution in [2.75, 3.05) is 27.2 Å². The van der Waals surface area contributed by atoms with Crippen LogP contribution in [0.4, 0.5) is 0 Å². The maximum Gasteiger partial charge on any atom is 0.0737 e. The summed E-state index contributed by atoms with van der Waals surface area (Å²) in [5.41, 5.74) is 16.6. The Bertz CT molecular complexity index is 2330. The van der Waals surface area contributed by atoms with Crippen LogP contribution >= 0.6 is 0 Å². The molecular weight excluding hydrogens is 613 g/mol. The van der Waals surface area contributed by atoms with E-state index in [4.69, 9.17) is 9.97 Å². The summed E-state index contributed by atoms with van der Waals surface area (Å²) in [6, 6.07) is 29.8. The zero-order valence-electron chi connectivity index (χ0n) is 28.1. The summed E-state index contributed by atoms with van der Waals surface area (Å²) in [6.07, 6.45) is 21.5. The van der Waals surface area contributed by atoms with Gasteiger partial charge in [0.05, 0.1) is 22.8 Å². The van der Waals surface area contributed by atoms with Gasteiger partial charge in [-0.25, -0.2) is 9.97 Å². The lowest BCUT2D eigenvalue weighted by atomic mass is 10.0. The van der Waals surface area contributed by atoms with E-state index in [0.29, 0.717) is 0 Å². The minimum absolute atomic E-state index is 0.779. The third kappa shape index (κ3) is 5.31. The number of fused-ring (bicyclic) bond motifs is 8. The lowest BCUT2D eigenvalue weighted by Gasteiger charge is -2.21. The number of hydrogen-bond acceptors (Lipinski definition) is 4. The van der Waals surface area contributed by atoms with Gasteiger partial charge in [0.15, 0.2) is 0 Å². The first-order valence-corrected chi connectivity index (χ1v) is 17.0. The van der Waals surface area contributed by atoms with E-state index >= 15 is 0 Å². The molecule has 0 unspecified atom stereocenters. The standard InChI is InChI=1S/C44H36N6/c1-49-25-9-15-31(27-49)43-37-21-19-35(46-37)41(29-11-5-3-6-12-29)33-17-18-34(45-33)42(30-13-7-4-8-14-30)36-20-22-38(47-36)44(40-24-23-39(43)48-40)32-16-10-26-50(2)28-32/h3-26,46-47H,27-28H2,1-2H3. The second kappa shape index (κ2) is 12.2. The van der Waals surface area contributed by atoms with Crippen molar-refractivity contribution in [3.8, 4) is 22.3 Å². The van der Waals surface area contributed by atoms with Crippen molar-refractivity contribution in [2.24, 2.45) is 0 Å². The zero-order chi connectivity index (χ0) is 33.6. The van der Waals surface area contributed by atoms with Gasteiger partial charge in [-0.3, -0.25) is 0 Å². The van der Waals surface area contributed by atoms with Gasteiger partial charge in [-0.05, 0) is 95.4 Å². The first kappa shape index (κ1) is 29.7. The summed E-state index contributed by atoms with van der Waals surface area (Å²) in [6.45, 7) is 1.56. The molecule has 0 amide bonds. The Morgan fingerprint density at radius 1 is 0.460 bits per heavy atom. The molecule has 4 aliphatic rings. The van der Waals surface area contributed by atoms with Gasteiger partial charge < -0.3 is 19.8 Å². The van der Waals surface area contributed by atoms with E-state index in [-0.39, 0.29) is 0 Å². The molecule has 0 atom stereocenters. The SMILES string of the molecule is CN1C=CC=C(c2c3nc(c(C4=CC=CN(C)C4)c4ccc([nH]4)c(-c4ccccc4)c4nc(c(-c5ccccc5)c5ccc2[nH]5)C=C4)C=C3)C1. The molecule has 0 aliphatic carbocycles. The van der Waals surface area contributed by atoms with Gasteiger partial charge in [-0.1, -0.05) is 72.8 Å². The average Bonchev–Trinajstić information content (AvgIpc) is 3.97. The maximum atomic E-state index is 5.43. The average molecular weight is 649 g/mol. The van der Waals surface area contributed by atoms with E-state index in [1.54, 1.807) is 0 Å². The van der Waals surface area contributed by atoms with E-state index in [0.717, 1.165) is 91.3 Å². The van der Waals surface area contributed by atoms with Gasteiger partial charge in [-0.2, -0.15) is 0 Å². The second-order valence-electron chi connectivity index (χ2n) is 13.1. The van der Waals surface area contributed by atoms with Crippen molar-refractivity contribution in [1.29, 1.82) is 0 Å². The topological polar surface area (TPSA) is 63.8 Å². The number of allylic oxidation sites excluding steroid dienone is 4. The number of rotatable bonds is 4. The van der Waals surface area contributed by atoms with Crippen LogP contribution in [-0.2, 0) is 0 Å². The molecule has 0 saturated heterocycles. The highest BCUT2D eigenvalue weighted by Gasteiger charge is 2.21. The normalized spacial score (nSPS) is 15.1. The summed E-state index contributed by atoms with van der Waals surface area (Å²) in [5, 5.41) is 0. The number of hydrogen-bond donors (Lipinski definition) is 2. The van der Waals surface area contributed by atoms with Crippen LogP contribution in [-0.4, -0.2) is 56.9 Å². The first-order valence-electron chi connectivity index (χ1n) is 17.0. The highest BCUT2D eigenvalue weighted by molar-refractivity contribution is 5.98. The Morgan fingerprint density at radius 3 is 1.20 bits per heavy atom. The molecule has 50 heavy (non-hydrogen) atoms. The molecule has 5 aromatic rings. The smallest absolute Gasteiger partial charge is 0.0737 e. The third-order valence-corrected chi connectivity index (χ3v) is 9.64. The molecule has 0 saturated carbocycles. The van der Waals surface area contributed by atoms with Crippen LogP contribution < -0.4 is 0 Å². The zero-order valence-corrected chi connectivity index (χ0v) is 28.1. The van der Waals surface area contributed by atoms with Gasteiger partial charge in [0, 0.05) is 71.5 Å². The molecule has 7 heterocycles. The quantitative estimate of drug-likeness (QED) is 0.200. The first-order chi connectivity index (χ1) is 24.6. The number of nitrogens with zero attached hydrogens (tertiary/aromatic N) is 4. The van der Waals surface area contributed by atoms with Gasteiger partial charge >= 0.3 is 0 Å². The van der Waals surface area contributed by atoms with Crippen molar-refractivity contribution >= 4 is 57.5 Å². The predicted octanol–water partition coefficient (Wildman–Crippen LogP) is 9.67. The van der Waals surface area contributed by atoms with Gasteiger partial charge in [-0.15, -0.1) is 0 Å². The number of aromatic amines is 2. The summed E-state index contributed by atoms with van der Waals surface area (Å²) in [7, 11) is 4.22. The Balaban J connectivity index is 1.46. The summed E-state index contributed by atoms with van der Waals surface area (Å²) >= 11 is 0. The van der Waals surface area contributed by atoms with Crippen LogP contribution in [0.2, 0.25) is 0 Å². The van der Waals surface area contributed by atoms with Crippen LogP contribution in [0.25, 0.3) is 79.8 Å². The molecule has 9 rings (SSSR count). The Morgan fingerprint density at radius 2 is 0.820 bits per heavy atom. The number of nitrogens with one attached hydrogen (secondary N) is 2. The predicted molar refractivity (Wildman–Crippen MR) is 209 cm³/mol. The Hall–Kier alpha value is -6.40. The van der Waals surface area contributed by atoms with E-state index in [9.17, 15) is 0 Å². The molecular formula is C44H36N6. The van der Waals surface area contributed by atoms with Crippen LogP contribution in [0, 0.1) is 0 Å². The van der Waals surface area contributed by atoms with Crippen LogP contribution in [0.5, 0.6) is 0 Å². The molecule has 2 N–H and O–H groups in total. The van der Waals surface area contributed by atoms with E-state index < -0.39 is 0 Å². The van der Waals surface area contributed by atoms with Gasteiger partial charge in [0.2, 0.25) is 0 Å². The number of H-pyrrole nitrogens is 2. The lowest BCUT2D eigenvalue weighted by Crippen LogP contribution is -2.17. The minimum Gasteiger partial charge on any atom is -0.376 e. The van der Waals surface area contributed by atoms with Crippen LogP contribution in [0.3, 0.4) is 0 Å². The van der Waals surface area contributed by atoms with Crippen molar-refractivity contribution in [3.63, 3.8) is 0 Å². The van der Waals surface area contributed by atoms with Crippen LogP contribution in [0.1, 0.15) is 33.9 Å². The van der Waals surface area contributed by atoms with Crippen molar-refractivity contribution in [1.82, 2.24) is 29.7 Å². The molecule has 6 nitrogen and oxygen atoms in total. The summed E-state index contributed by atoms with van der Waals surface area (Å²) < 4.78 is 0.